The van der Waals surface area contributed by atoms with Crippen molar-refractivity contribution in [1.29, 1.82) is 0 Å². The number of piperidine rings is 1. The molecule has 20 heavy (non-hydrogen) atoms. The number of hydrogen-bond acceptors (Lipinski definition) is 2. The molecule has 1 aromatic carbocycles. The molecule has 2 aliphatic rings. The molecule has 2 heterocycles. The van der Waals surface area contributed by atoms with E-state index in [2.05, 4.69) is 26.6 Å². The summed E-state index contributed by atoms with van der Waals surface area (Å²) < 4.78 is 1.05. The predicted octanol–water partition coefficient (Wildman–Crippen LogP) is 3.19. The fraction of sp³-hybridized carbons (Fsp3) is 0.533. The lowest BCUT2D eigenvalue weighted by Crippen LogP contribution is -2.48. The van der Waals surface area contributed by atoms with Gasteiger partial charge in [-0.15, -0.1) is 12.4 Å². The number of aryl methyl sites for hydroxylation is 1. The third-order valence-corrected chi connectivity index (χ3v) is 5.12. The normalized spacial score (nSPS) is 27.8. The van der Waals surface area contributed by atoms with Crippen molar-refractivity contribution in [3.63, 3.8) is 0 Å². The van der Waals surface area contributed by atoms with Crippen molar-refractivity contribution in [3.05, 3.63) is 33.8 Å². The van der Waals surface area contributed by atoms with Crippen molar-refractivity contribution in [1.82, 2.24) is 10.6 Å². The maximum atomic E-state index is 12.3. The molecule has 0 spiro atoms. The van der Waals surface area contributed by atoms with Crippen LogP contribution in [0.5, 0.6) is 0 Å². The SMILES string of the molecule is Cc1cc(C(=O)NC2CC3CCC(C2)N3)ccc1Br.Cl. The Bertz CT molecular complexity index is 497. The van der Waals surface area contributed by atoms with Crippen molar-refractivity contribution in [2.24, 2.45) is 0 Å². The van der Waals surface area contributed by atoms with E-state index in [9.17, 15) is 4.79 Å². The van der Waals surface area contributed by atoms with Gasteiger partial charge in [-0.25, -0.2) is 0 Å². The van der Waals surface area contributed by atoms with Crippen molar-refractivity contribution < 1.29 is 4.79 Å². The van der Waals surface area contributed by atoms with Crippen molar-refractivity contribution in [2.45, 2.75) is 50.7 Å². The minimum Gasteiger partial charge on any atom is -0.349 e. The van der Waals surface area contributed by atoms with Gasteiger partial charge in [-0.2, -0.15) is 0 Å². The first-order chi connectivity index (χ1) is 9.11. The van der Waals surface area contributed by atoms with Crippen LogP contribution in [0.15, 0.2) is 22.7 Å². The number of fused-ring (bicyclic) bond motifs is 2. The maximum Gasteiger partial charge on any atom is 0.251 e. The van der Waals surface area contributed by atoms with Crippen LogP contribution in [0.25, 0.3) is 0 Å². The number of nitrogens with one attached hydrogen (secondary N) is 2. The van der Waals surface area contributed by atoms with E-state index in [0.717, 1.165) is 28.4 Å². The van der Waals surface area contributed by atoms with E-state index in [1.807, 2.05) is 25.1 Å². The first-order valence-electron chi connectivity index (χ1n) is 6.95. The second-order valence-electron chi connectivity index (χ2n) is 5.74. The standard InChI is InChI=1S/C15H19BrN2O.ClH/c1-9-6-10(2-5-14(9)16)15(19)18-13-7-11-3-4-12(8-13)17-11;/h2,5-6,11-13,17H,3-4,7-8H2,1H3,(H,18,19);1H. The molecule has 0 radical (unpaired) electrons. The highest BCUT2D eigenvalue weighted by Crippen LogP contribution is 2.27. The molecule has 2 aliphatic heterocycles. The Balaban J connectivity index is 0.00000147. The fourth-order valence-corrected chi connectivity index (χ4v) is 3.48. The molecule has 0 saturated carbocycles. The van der Waals surface area contributed by atoms with Gasteiger partial charge in [0.25, 0.3) is 5.91 Å². The molecule has 0 aromatic heterocycles. The Morgan fingerprint density at radius 3 is 2.55 bits per heavy atom. The number of carbonyl (C=O) groups excluding carboxylic acids is 1. The Kier molecular flexibility index (Phi) is 5.10. The molecule has 1 amide bonds. The summed E-state index contributed by atoms with van der Waals surface area (Å²) in [6.45, 7) is 2.01. The van der Waals surface area contributed by atoms with E-state index in [4.69, 9.17) is 0 Å². The van der Waals surface area contributed by atoms with E-state index < -0.39 is 0 Å². The Labute approximate surface area is 134 Å². The minimum atomic E-state index is 0. The van der Waals surface area contributed by atoms with Crippen LogP contribution in [0, 0.1) is 6.92 Å². The third kappa shape index (κ3) is 3.35. The van der Waals surface area contributed by atoms with Crippen LogP contribution >= 0.6 is 28.3 Å². The molecule has 2 fully saturated rings. The molecule has 2 atom stereocenters. The number of halogens is 2. The summed E-state index contributed by atoms with van der Waals surface area (Å²) in [4.78, 5) is 12.3. The fourth-order valence-electron chi connectivity index (χ4n) is 3.23. The van der Waals surface area contributed by atoms with Crippen LogP contribution in [0.3, 0.4) is 0 Å². The predicted molar refractivity (Wildman–Crippen MR) is 86.6 cm³/mol. The summed E-state index contributed by atoms with van der Waals surface area (Å²) in [5.74, 6) is 0.0573. The molecule has 3 nitrogen and oxygen atoms in total. The van der Waals surface area contributed by atoms with Crippen LogP contribution in [-0.4, -0.2) is 24.0 Å². The van der Waals surface area contributed by atoms with Crippen molar-refractivity contribution >= 4 is 34.2 Å². The first-order valence-corrected chi connectivity index (χ1v) is 7.74. The smallest absolute Gasteiger partial charge is 0.251 e. The van der Waals surface area contributed by atoms with E-state index in [0.29, 0.717) is 18.1 Å². The highest BCUT2D eigenvalue weighted by atomic mass is 79.9. The average Bonchev–Trinajstić information content (AvgIpc) is 2.72. The summed E-state index contributed by atoms with van der Waals surface area (Å²) >= 11 is 3.46. The van der Waals surface area contributed by atoms with Gasteiger partial charge in [0.15, 0.2) is 0 Å². The highest BCUT2D eigenvalue weighted by Gasteiger charge is 2.34. The number of rotatable bonds is 2. The Morgan fingerprint density at radius 2 is 1.95 bits per heavy atom. The van der Waals surface area contributed by atoms with Gasteiger partial charge < -0.3 is 10.6 Å². The second-order valence-corrected chi connectivity index (χ2v) is 6.60. The average molecular weight is 360 g/mol. The molecule has 2 bridgehead atoms. The molecule has 3 rings (SSSR count). The summed E-state index contributed by atoms with van der Waals surface area (Å²) in [7, 11) is 0. The second kappa shape index (κ2) is 6.46. The summed E-state index contributed by atoms with van der Waals surface area (Å²) in [6.07, 6.45) is 4.65. The number of benzene rings is 1. The lowest BCUT2D eigenvalue weighted by molar-refractivity contribution is 0.0924. The van der Waals surface area contributed by atoms with E-state index in [1.165, 1.54) is 12.8 Å². The first kappa shape index (κ1) is 15.8. The molecule has 110 valence electrons. The lowest BCUT2D eigenvalue weighted by atomic mass is 9.99. The van der Waals surface area contributed by atoms with Crippen LogP contribution in [-0.2, 0) is 0 Å². The van der Waals surface area contributed by atoms with Crippen molar-refractivity contribution in [2.75, 3.05) is 0 Å². The minimum absolute atomic E-state index is 0. The van der Waals surface area contributed by atoms with Gasteiger partial charge in [0, 0.05) is 28.2 Å². The highest BCUT2D eigenvalue weighted by molar-refractivity contribution is 9.10. The molecular formula is C15H20BrClN2O. The molecule has 2 unspecified atom stereocenters. The van der Waals surface area contributed by atoms with Crippen LogP contribution in [0.1, 0.15) is 41.6 Å². The number of hydrogen-bond donors (Lipinski definition) is 2. The maximum absolute atomic E-state index is 12.3. The Hall–Kier alpha value is -0.580. The van der Waals surface area contributed by atoms with Gasteiger partial charge in [0.1, 0.15) is 0 Å². The Morgan fingerprint density at radius 1 is 1.30 bits per heavy atom. The number of carbonyl (C=O) groups is 1. The zero-order valence-electron chi connectivity index (χ0n) is 11.5. The quantitative estimate of drug-likeness (QED) is 0.851. The molecule has 5 heteroatoms. The van der Waals surface area contributed by atoms with Gasteiger partial charge in [0.2, 0.25) is 0 Å². The van der Waals surface area contributed by atoms with E-state index in [-0.39, 0.29) is 18.3 Å². The van der Waals surface area contributed by atoms with Gasteiger partial charge in [-0.05, 0) is 56.4 Å². The molecule has 1 aromatic rings. The molecule has 0 aliphatic carbocycles. The van der Waals surface area contributed by atoms with E-state index >= 15 is 0 Å². The largest absolute Gasteiger partial charge is 0.349 e. The lowest BCUT2D eigenvalue weighted by Gasteiger charge is -2.29. The van der Waals surface area contributed by atoms with Crippen LogP contribution in [0.2, 0.25) is 0 Å². The van der Waals surface area contributed by atoms with Gasteiger partial charge in [-0.3, -0.25) is 4.79 Å². The summed E-state index contributed by atoms with van der Waals surface area (Å²) in [5.41, 5.74) is 1.85. The summed E-state index contributed by atoms with van der Waals surface area (Å²) in [5, 5.41) is 6.78. The van der Waals surface area contributed by atoms with Crippen LogP contribution < -0.4 is 10.6 Å². The van der Waals surface area contributed by atoms with Crippen molar-refractivity contribution in [3.8, 4) is 0 Å². The molecular weight excluding hydrogens is 340 g/mol. The molecule has 2 N–H and O–H groups in total. The molecule has 2 saturated heterocycles. The zero-order chi connectivity index (χ0) is 13.4. The topological polar surface area (TPSA) is 41.1 Å². The van der Waals surface area contributed by atoms with Gasteiger partial charge in [0.05, 0.1) is 0 Å². The summed E-state index contributed by atoms with van der Waals surface area (Å²) in [6, 6.07) is 7.30. The van der Waals surface area contributed by atoms with Gasteiger partial charge in [-0.1, -0.05) is 15.9 Å². The number of amides is 1. The van der Waals surface area contributed by atoms with Gasteiger partial charge >= 0.3 is 0 Å². The van der Waals surface area contributed by atoms with E-state index in [1.54, 1.807) is 0 Å². The zero-order valence-corrected chi connectivity index (χ0v) is 13.9. The monoisotopic (exact) mass is 358 g/mol. The third-order valence-electron chi connectivity index (χ3n) is 4.23. The van der Waals surface area contributed by atoms with Crippen LogP contribution in [0.4, 0.5) is 0 Å².